The lowest BCUT2D eigenvalue weighted by molar-refractivity contribution is 0.238. The second kappa shape index (κ2) is 5.95. The van der Waals surface area contributed by atoms with E-state index in [1.54, 1.807) is 0 Å². The van der Waals surface area contributed by atoms with Crippen LogP contribution in [0.25, 0.3) is 0 Å². The van der Waals surface area contributed by atoms with Crippen LogP contribution >= 0.6 is 11.8 Å². The molecule has 1 heterocycles. The van der Waals surface area contributed by atoms with Gasteiger partial charge in [0.05, 0.1) is 0 Å². The monoisotopic (exact) mass is 218 g/mol. The zero-order chi connectivity index (χ0) is 10.4. The molecule has 0 aromatic heterocycles. The van der Waals surface area contributed by atoms with E-state index in [1.165, 1.54) is 18.6 Å². The summed E-state index contributed by atoms with van der Waals surface area (Å²) < 4.78 is 0. The zero-order valence-corrected chi connectivity index (χ0v) is 9.78. The molecule has 4 N–H and O–H groups in total. The molecule has 0 aromatic carbocycles. The van der Waals surface area contributed by atoms with Gasteiger partial charge in [0.2, 0.25) is 0 Å². The minimum Gasteiger partial charge on any atom is -0.396 e. The molecule has 4 heteroatoms. The Kier molecular flexibility index (Phi) is 5.23. The Morgan fingerprint density at radius 2 is 2.43 bits per heavy atom. The Morgan fingerprint density at radius 3 is 2.93 bits per heavy atom. The minimum atomic E-state index is 0.123. The summed E-state index contributed by atoms with van der Waals surface area (Å²) >= 11 is 1.98. The van der Waals surface area contributed by atoms with E-state index in [0.717, 1.165) is 12.2 Å². The SMILES string of the molecule is CC(CCO)NC1(CN)CCCSC1. The first-order valence-electron chi connectivity index (χ1n) is 5.39. The number of aliphatic hydroxyl groups is 1. The number of hydrogen-bond donors (Lipinski definition) is 3. The average Bonchev–Trinajstić information content (AvgIpc) is 2.19. The van der Waals surface area contributed by atoms with Crippen molar-refractivity contribution in [1.29, 1.82) is 0 Å². The third-order valence-corrected chi connectivity index (χ3v) is 4.16. The number of nitrogens with one attached hydrogen (secondary N) is 1. The third-order valence-electron chi connectivity index (χ3n) is 2.83. The van der Waals surface area contributed by atoms with E-state index in [0.29, 0.717) is 12.6 Å². The van der Waals surface area contributed by atoms with Gasteiger partial charge in [0, 0.05) is 30.5 Å². The van der Waals surface area contributed by atoms with Crippen LogP contribution in [0.5, 0.6) is 0 Å². The fraction of sp³-hybridized carbons (Fsp3) is 1.00. The lowest BCUT2D eigenvalue weighted by atomic mass is 9.94. The molecule has 0 radical (unpaired) electrons. The van der Waals surface area contributed by atoms with Crippen LogP contribution in [0.3, 0.4) is 0 Å². The van der Waals surface area contributed by atoms with Gasteiger partial charge in [-0.3, -0.25) is 0 Å². The molecule has 2 atom stereocenters. The van der Waals surface area contributed by atoms with Gasteiger partial charge >= 0.3 is 0 Å². The smallest absolute Gasteiger partial charge is 0.0445 e. The van der Waals surface area contributed by atoms with Crippen LogP contribution in [0, 0.1) is 0 Å². The van der Waals surface area contributed by atoms with E-state index in [9.17, 15) is 0 Å². The highest BCUT2D eigenvalue weighted by Crippen LogP contribution is 2.26. The number of thioether (sulfide) groups is 1. The van der Waals surface area contributed by atoms with Gasteiger partial charge in [-0.15, -0.1) is 0 Å². The molecule has 14 heavy (non-hydrogen) atoms. The number of aliphatic hydroxyl groups excluding tert-OH is 1. The fourth-order valence-electron chi connectivity index (χ4n) is 1.97. The Morgan fingerprint density at radius 1 is 1.64 bits per heavy atom. The van der Waals surface area contributed by atoms with E-state index in [4.69, 9.17) is 10.8 Å². The predicted molar refractivity (Wildman–Crippen MR) is 62.6 cm³/mol. The second-order valence-corrected chi connectivity index (χ2v) is 5.30. The van der Waals surface area contributed by atoms with Gasteiger partial charge in [0.1, 0.15) is 0 Å². The van der Waals surface area contributed by atoms with Crippen LogP contribution < -0.4 is 11.1 Å². The van der Waals surface area contributed by atoms with Gasteiger partial charge < -0.3 is 16.2 Å². The summed E-state index contributed by atoms with van der Waals surface area (Å²) in [5.74, 6) is 2.37. The van der Waals surface area contributed by atoms with Gasteiger partial charge in [-0.25, -0.2) is 0 Å². The Hall–Kier alpha value is 0.230. The van der Waals surface area contributed by atoms with E-state index in [2.05, 4.69) is 12.2 Å². The maximum Gasteiger partial charge on any atom is 0.0445 e. The molecular weight excluding hydrogens is 196 g/mol. The first-order chi connectivity index (χ1) is 6.72. The Labute approximate surface area is 90.8 Å². The largest absolute Gasteiger partial charge is 0.396 e. The van der Waals surface area contributed by atoms with Crippen molar-refractivity contribution in [2.24, 2.45) is 5.73 Å². The highest BCUT2D eigenvalue weighted by atomic mass is 32.2. The van der Waals surface area contributed by atoms with E-state index in [-0.39, 0.29) is 12.1 Å². The molecule has 1 aliphatic heterocycles. The molecule has 0 aromatic rings. The molecule has 0 saturated carbocycles. The highest BCUT2D eigenvalue weighted by molar-refractivity contribution is 7.99. The van der Waals surface area contributed by atoms with Crippen molar-refractivity contribution >= 4 is 11.8 Å². The molecule has 0 aliphatic carbocycles. The minimum absolute atomic E-state index is 0.123. The topological polar surface area (TPSA) is 58.3 Å². The van der Waals surface area contributed by atoms with Gasteiger partial charge in [-0.1, -0.05) is 0 Å². The lowest BCUT2D eigenvalue weighted by Gasteiger charge is -2.39. The summed E-state index contributed by atoms with van der Waals surface area (Å²) in [6.45, 7) is 3.07. The van der Waals surface area contributed by atoms with Crippen LogP contribution in [0.2, 0.25) is 0 Å². The van der Waals surface area contributed by atoms with Crippen molar-refractivity contribution in [2.45, 2.75) is 37.8 Å². The van der Waals surface area contributed by atoms with Gasteiger partial charge in [0.25, 0.3) is 0 Å². The van der Waals surface area contributed by atoms with Crippen LogP contribution in [-0.2, 0) is 0 Å². The predicted octanol–water partition coefficient (Wildman–Crippen LogP) is 0.571. The van der Waals surface area contributed by atoms with E-state index >= 15 is 0 Å². The third kappa shape index (κ3) is 3.42. The Bertz CT molecular complexity index is 160. The molecule has 0 bridgehead atoms. The van der Waals surface area contributed by atoms with Crippen molar-refractivity contribution in [1.82, 2.24) is 5.32 Å². The second-order valence-electron chi connectivity index (χ2n) is 4.20. The maximum absolute atomic E-state index is 8.85. The quantitative estimate of drug-likeness (QED) is 0.631. The molecule has 1 saturated heterocycles. The molecule has 1 fully saturated rings. The summed E-state index contributed by atoms with van der Waals surface area (Å²) in [4.78, 5) is 0. The lowest BCUT2D eigenvalue weighted by Crippen LogP contribution is -2.57. The fourth-order valence-corrected chi connectivity index (χ4v) is 3.20. The van der Waals surface area contributed by atoms with E-state index in [1.807, 2.05) is 11.8 Å². The first-order valence-corrected chi connectivity index (χ1v) is 6.54. The molecule has 1 aliphatic rings. The van der Waals surface area contributed by atoms with E-state index < -0.39 is 0 Å². The molecule has 0 amide bonds. The number of rotatable bonds is 5. The number of nitrogens with two attached hydrogens (primary N) is 1. The summed E-state index contributed by atoms with van der Waals surface area (Å²) in [5, 5.41) is 12.4. The van der Waals surface area contributed by atoms with Crippen molar-refractivity contribution in [3.63, 3.8) is 0 Å². The molecule has 3 nitrogen and oxygen atoms in total. The number of hydrogen-bond acceptors (Lipinski definition) is 4. The molecule has 0 spiro atoms. The average molecular weight is 218 g/mol. The van der Waals surface area contributed by atoms with Crippen molar-refractivity contribution in [2.75, 3.05) is 24.7 Å². The first kappa shape index (κ1) is 12.3. The van der Waals surface area contributed by atoms with Crippen molar-refractivity contribution in [3.8, 4) is 0 Å². The van der Waals surface area contributed by atoms with Crippen LogP contribution in [0.4, 0.5) is 0 Å². The highest BCUT2D eigenvalue weighted by Gasteiger charge is 2.31. The molecular formula is C10H22N2OS. The maximum atomic E-state index is 8.85. The van der Waals surface area contributed by atoms with Crippen LogP contribution in [0.15, 0.2) is 0 Å². The molecule has 1 rings (SSSR count). The normalized spacial score (nSPS) is 30.2. The summed E-state index contributed by atoms with van der Waals surface area (Å²) in [6, 6.07) is 0.363. The van der Waals surface area contributed by atoms with Gasteiger partial charge in [-0.2, -0.15) is 11.8 Å². The van der Waals surface area contributed by atoms with Crippen molar-refractivity contribution < 1.29 is 5.11 Å². The zero-order valence-electron chi connectivity index (χ0n) is 8.96. The summed E-state index contributed by atoms with van der Waals surface area (Å²) in [5.41, 5.74) is 5.97. The molecule has 84 valence electrons. The van der Waals surface area contributed by atoms with Crippen LogP contribution in [0.1, 0.15) is 26.2 Å². The summed E-state index contributed by atoms with van der Waals surface area (Å²) in [7, 11) is 0. The standard InChI is InChI=1S/C10H22N2OS/c1-9(3-5-13)12-10(7-11)4-2-6-14-8-10/h9,12-13H,2-8,11H2,1H3. The Balaban J connectivity index is 2.42. The molecule has 2 unspecified atom stereocenters. The van der Waals surface area contributed by atoms with Gasteiger partial charge in [0.15, 0.2) is 0 Å². The summed E-state index contributed by atoms with van der Waals surface area (Å²) in [6.07, 6.45) is 3.24. The van der Waals surface area contributed by atoms with Gasteiger partial charge in [-0.05, 0) is 31.9 Å². The van der Waals surface area contributed by atoms with Crippen molar-refractivity contribution in [3.05, 3.63) is 0 Å². The van der Waals surface area contributed by atoms with Crippen LogP contribution in [-0.4, -0.2) is 41.3 Å².